The fourth-order valence-corrected chi connectivity index (χ4v) is 6.26. The molecule has 0 aliphatic carbocycles. The molecule has 10 atom stereocenters. The predicted octanol–water partition coefficient (Wildman–Crippen LogP) is 9.33. The third kappa shape index (κ3) is 16.3. The molecule has 0 amide bonds. The Morgan fingerprint density at radius 2 is 1.32 bits per heavy atom. The SMILES string of the molecule is C=C(CCCCCCCC(C)C(C)CC(CC)C(C)CC(C)C(C)CC)COC(CO)C(C)C(C)C(O)COC. The van der Waals surface area contributed by atoms with E-state index in [1.807, 2.05) is 13.8 Å². The minimum Gasteiger partial charge on any atom is -0.394 e. The Kier molecular flexibility index (Phi) is 22.8. The third-order valence-electron chi connectivity index (χ3n) is 10.6. The Balaban J connectivity index is 4.17. The van der Waals surface area contributed by atoms with Crippen molar-refractivity contribution < 1.29 is 19.7 Å². The van der Waals surface area contributed by atoms with Crippen LogP contribution in [-0.2, 0) is 9.47 Å². The Bertz CT molecular complexity index is 608. The lowest BCUT2D eigenvalue weighted by atomic mass is 9.74. The predicted molar refractivity (Wildman–Crippen MR) is 174 cm³/mol. The lowest BCUT2D eigenvalue weighted by Crippen LogP contribution is -2.37. The van der Waals surface area contributed by atoms with Crippen LogP contribution in [-0.4, -0.2) is 49.4 Å². The molecule has 0 heterocycles. The molecular weight excluding hydrogens is 496 g/mol. The van der Waals surface area contributed by atoms with Gasteiger partial charge in [-0.25, -0.2) is 0 Å². The molecule has 240 valence electrons. The number of ether oxygens (including phenoxy) is 2. The van der Waals surface area contributed by atoms with Gasteiger partial charge in [0.1, 0.15) is 0 Å². The minimum atomic E-state index is -0.558. The maximum Gasteiger partial charge on any atom is 0.0839 e. The highest BCUT2D eigenvalue weighted by atomic mass is 16.5. The molecule has 0 aromatic carbocycles. The first-order valence-corrected chi connectivity index (χ1v) is 17.0. The molecule has 0 aliphatic heterocycles. The summed E-state index contributed by atoms with van der Waals surface area (Å²) in [6.45, 7) is 26.0. The van der Waals surface area contributed by atoms with Gasteiger partial charge in [-0.2, -0.15) is 0 Å². The standard InChI is InChI=1S/C36H72O4/c1-12-27(4)29(6)21-31(8)34(13-2)22-30(7)28(5)20-18-16-14-15-17-19-26(3)24-40-36(23-37)33(10)32(9)35(38)25-39-11/h27-38H,3,12-25H2,1-2,4-11H3. The van der Waals surface area contributed by atoms with Crippen LogP contribution < -0.4 is 0 Å². The molecule has 0 aliphatic rings. The van der Waals surface area contributed by atoms with Crippen molar-refractivity contribution in [2.75, 3.05) is 26.9 Å². The van der Waals surface area contributed by atoms with E-state index in [1.165, 1.54) is 57.8 Å². The first-order chi connectivity index (χ1) is 18.9. The monoisotopic (exact) mass is 569 g/mol. The van der Waals surface area contributed by atoms with Crippen LogP contribution >= 0.6 is 0 Å². The van der Waals surface area contributed by atoms with Crippen LogP contribution in [0.3, 0.4) is 0 Å². The number of aliphatic hydroxyl groups is 2. The molecule has 0 saturated carbocycles. The lowest BCUT2D eigenvalue weighted by molar-refractivity contribution is -0.0567. The topological polar surface area (TPSA) is 58.9 Å². The molecule has 0 saturated heterocycles. The van der Waals surface area contributed by atoms with Gasteiger partial charge in [-0.3, -0.25) is 0 Å². The Morgan fingerprint density at radius 3 is 1.90 bits per heavy atom. The van der Waals surface area contributed by atoms with Crippen molar-refractivity contribution in [2.24, 2.45) is 47.3 Å². The molecule has 4 nitrogen and oxygen atoms in total. The number of aliphatic hydroxyl groups excluding tert-OH is 2. The summed E-state index contributed by atoms with van der Waals surface area (Å²) in [7, 11) is 1.59. The van der Waals surface area contributed by atoms with Gasteiger partial charge in [0, 0.05) is 7.11 Å². The van der Waals surface area contributed by atoms with Gasteiger partial charge >= 0.3 is 0 Å². The molecule has 0 spiro atoms. The number of rotatable bonds is 26. The molecule has 0 fully saturated rings. The van der Waals surface area contributed by atoms with Crippen molar-refractivity contribution in [2.45, 2.75) is 145 Å². The van der Waals surface area contributed by atoms with E-state index in [1.54, 1.807) is 7.11 Å². The lowest BCUT2D eigenvalue weighted by Gasteiger charge is -2.31. The molecule has 40 heavy (non-hydrogen) atoms. The highest BCUT2D eigenvalue weighted by Crippen LogP contribution is 2.34. The Labute approximate surface area is 251 Å². The summed E-state index contributed by atoms with van der Waals surface area (Å²) in [5, 5.41) is 20.0. The van der Waals surface area contributed by atoms with E-state index in [2.05, 4.69) is 55.0 Å². The van der Waals surface area contributed by atoms with Gasteiger partial charge in [-0.15, -0.1) is 0 Å². The maximum absolute atomic E-state index is 10.2. The maximum atomic E-state index is 10.2. The number of hydrogen-bond donors (Lipinski definition) is 2. The zero-order valence-electron chi connectivity index (χ0n) is 28.6. The van der Waals surface area contributed by atoms with E-state index in [0.29, 0.717) is 13.2 Å². The second kappa shape index (κ2) is 23.1. The second-order valence-corrected chi connectivity index (χ2v) is 13.8. The van der Waals surface area contributed by atoms with Gasteiger partial charge in [0.05, 0.1) is 32.0 Å². The van der Waals surface area contributed by atoms with Gasteiger partial charge < -0.3 is 19.7 Å². The van der Waals surface area contributed by atoms with Gasteiger partial charge in [0.15, 0.2) is 0 Å². The average Bonchev–Trinajstić information content (AvgIpc) is 2.94. The van der Waals surface area contributed by atoms with Crippen LogP contribution in [0.1, 0.15) is 133 Å². The molecule has 4 heteroatoms. The van der Waals surface area contributed by atoms with Gasteiger partial charge in [-0.1, -0.05) is 119 Å². The highest BCUT2D eigenvalue weighted by Gasteiger charge is 2.28. The molecule has 0 rings (SSSR count). The molecular formula is C36H72O4. The fraction of sp³-hybridized carbons (Fsp3) is 0.944. The Morgan fingerprint density at radius 1 is 0.725 bits per heavy atom. The van der Waals surface area contributed by atoms with Crippen LogP contribution in [0.5, 0.6) is 0 Å². The van der Waals surface area contributed by atoms with E-state index >= 15 is 0 Å². The highest BCUT2D eigenvalue weighted by molar-refractivity contribution is 4.94. The van der Waals surface area contributed by atoms with Gasteiger partial charge in [0.2, 0.25) is 0 Å². The van der Waals surface area contributed by atoms with E-state index < -0.39 is 6.10 Å². The summed E-state index contributed by atoms with van der Waals surface area (Å²) >= 11 is 0. The first-order valence-electron chi connectivity index (χ1n) is 17.0. The average molecular weight is 569 g/mol. The van der Waals surface area contributed by atoms with Gasteiger partial charge in [0.25, 0.3) is 0 Å². The number of hydrogen-bond acceptors (Lipinski definition) is 4. The van der Waals surface area contributed by atoms with Crippen molar-refractivity contribution in [3.63, 3.8) is 0 Å². The van der Waals surface area contributed by atoms with E-state index in [0.717, 1.165) is 53.9 Å². The van der Waals surface area contributed by atoms with Crippen molar-refractivity contribution in [1.29, 1.82) is 0 Å². The van der Waals surface area contributed by atoms with Crippen LogP contribution in [0, 0.1) is 47.3 Å². The summed E-state index contributed by atoms with van der Waals surface area (Å²) in [6.07, 6.45) is 13.2. The summed E-state index contributed by atoms with van der Waals surface area (Å²) in [6, 6.07) is 0. The smallest absolute Gasteiger partial charge is 0.0839 e. The van der Waals surface area contributed by atoms with Crippen LogP contribution in [0.15, 0.2) is 12.2 Å². The molecule has 10 unspecified atom stereocenters. The fourth-order valence-electron chi connectivity index (χ4n) is 6.26. The zero-order chi connectivity index (χ0) is 30.7. The van der Waals surface area contributed by atoms with Crippen molar-refractivity contribution in [1.82, 2.24) is 0 Å². The molecule has 0 aromatic heterocycles. The Hall–Kier alpha value is -0.420. The molecule has 0 bridgehead atoms. The quantitative estimate of drug-likeness (QED) is 0.0806. The number of methoxy groups -OCH3 is 1. The van der Waals surface area contributed by atoms with Crippen LogP contribution in [0.4, 0.5) is 0 Å². The van der Waals surface area contributed by atoms with E-state index in [9.17, 15) is 10.2 Å². The van der Waals surface area contributed by atoms with Crippen molar-refractivity contribution in [3.05, 3.63) is 12.2 Å². The summed E-state index contributed by atoms with van der Waals surface area (Å²) in [4.78, 5) is 0. The zero-order valence-corrected chi connectivity index (χ0v) is 28.6. The summed E-state index contributed by atoms with van der Waals surface area (Å²) < 4.78 is 11.1. The van der Waals surface area contributed by atoms with E-state index in [4.69, 9.17) is 9.47 Å². The molecule has 2 N–H and O–H groups in total. The first kappa shape index (κ1) is 39.6. The third-order valence-corrected chi connectivity index (χ3v) is 10.6. The summed E-state index contributed by atoms with van der Waals surface area (Å²) in [5.41, 5.74) is 1.09. The summed E-state index contributed by atoms with van der Waals surface area (Å²) in [5.74, 6) is 5.01. The second-order valence-electron chi connectivity index (χ2n) is 13.8. The van der Waals surface area contributed by atoms with Gasteiger partial charge in [-0.05, 0) is 73.0 Å². The molecule has 0 radical (unpaired) electrons. The number of unbranched alkanes of at least 4 members (excludes halogenated alkanes) is 4. The largest absolute Gasteiger partial charge is 0.394 e. The van der Waals surface area contributed by atoms with Crippen molar-refractivity contribution in [3.8, 4) is 0 Å². The van der Waals surface area contributed by atoms with E-state index in [-0.39, 0.29) is 24.5 Å². The van der Waals surface area contributed by atoms with Crippen molar-refractivity contribution >= 4 is 0 Å². The normalized spacial score (nSPS) is 19.7. The molecule has 0 aromatic rings. The minimum absolute atomic E-state index is 0.0176. The van der Waals surface area contributed by atoms with Crippen LogP contribution in [0.2, 0.25) is 0 Å². The van der Waals surface area contributed by atoms with Crippen LogP contribution in [0.25, 0.3) is 0 Å².